The van der Waals surface area contributed by atoms with E-state index in [1.165, 1.54) is 32.6 Å². The van der Waals surface area contributed by atoms with Gasteiger partial charge in [-0.1, -0.05) is 115 Å². The van der Waals surface area contributed by atoms with E-state index in [1.54, 1.807) is 0 Å². The number of rotatable bonds is 4. The van der Waals surface area contributed by atoms with Crippen LogP contribution in [0, 0.1) is 0 Å². The largest absolute Gasteiger partial charge is 0.309 e. The van der Waals surface area contributed by atoms with E-state index < -0.39 is 0 Å². The summed E-state index contributed by atoms with van der Waals surface area (Å²) in [7, 11) is 0. The Labute approximate surface area is 254 Å². The summed E-state index contributed by atoms with van der Waals surface area (Å²) in [4.78, 5) is 10.2. The van der Waals surface area contributed by atoms with Crippen LogP contribution < -0.4 is 0 Å². The standard InChI is InChI=1S/C40H26N4/c1-2-12-28(13-3-1)39-34(26-41-40(42-39)44-37-20-10-6-16-32(37)33-17-7-11-21-38(33)44)27-22-24-29(25-23-27)43-35-18-8-4-14-30(35)31-15-5-9-19-36(31)43/h1-26H. The normalized spacial score (nSPS) is 11.6. The first kappa shape index (κ1) is 24.6. The van der Waals surface area contributed by atoms with E-state index in [1.807, 2.05) is 12.3 Å². The van der Waals surface area contributed by atoms with Crippen LogP contribution in [0.2, 0.25) is 0 Å². The molecule has 0 aliphatic carbocycles. The molecule has 6 aromatic carbocycles. The Kier molecular flexibility index (Phi) is 5.47. The number of para-hydroxylation sites is 4. The summed E-state index contributed by atoms with van der Waals surface area (Å²) in [5, 5.41) is 4.90. The molecule has 3 aromatic heterocycles. The first-order valence-corrected chi connectivity index (χ1v) is 14.9. The van der Waals surface area contributed by atoms with Gasteiger partial charge >= 0.3 is 0 Å². The molecule has 44 heavy (non-hydrogen) atoms. The van der Waals surface area contributed by atoms with Crippen molar-refractivity contribution >= 4 is 43.6 Å². The fourth-order valence-corrected chi connectivity index (χ4v) is 6.64. The van der Waals surface area contributed by atoms with Crippen LogP contribution in [0.5, 0.6) is 0 Å². The van der Waals surface area contributed by atoms with Gasteiger partial charge in [-0.05, 0) is 42.0 Å². The lowest BCUT2D eigenvalue weighted by Crippen LogP contribution is -2.03. The number of hydrogen-bond donors (Lipinski definition) is 0. The van der Waals surface area contributed by atoms with Gasteiger partial charge in [-0.3, -0.25) is 4.57 Å². The zero-order valence-electron chi connectivity index (χ0n) is 23.8. The molecule has 0 unspecified atom stereocenters. The Morgan fingerprint density at radius 2 is 0.841 bits per heavy atom. The summed E-state index contributed by atoms with van der Waals surface area (Å²) in [5.74, 6) is 0.659. The van der Waals surface area contributed by atoms with Crippen LogP contribution in [0.1, 0.15) is 0 Å². The molecule has 3 heterocycles. The van der Waals surface area contributed by atoms with Gasteiger partial charge in [0.25, 0.3) is 0 Å². The first-order chi connectivity index (χ1) is 21.8. The summed E-state index contributed by atoms with van der Waals surface area (Å²) < 4.78 is 4.51. The average Bonchev–Trinajstić information content (AvgIpc) is 3.62. The third-order valence-electron chi connectivity index (χ3n) is 8.62. The fourth-order valence-electron chi connectivity index (χ4n) is 6.64. The summed E-state index contributed by atoms with van der Waals surface area (Å²) in [6, 6.07) is 53.3. The monoisotopic (exact) mass is 562 g/mol. The van der Waals surface area contributed by atoms with E-state index in [-0.39, 0.29) is 0 Å². The van der Waals surface area contributed by atoms with Crippen molar-refractivity contribution in [2.45, 2.75) is 0 Å². The minimum atomic E-state index is 0.659. The Morgan fingerprint density at radius 3 is 1.36 bits per heavy atom. The fraction of sp³-hybridized carbons (Fsp3) is 0. The van der Waals surface area contributed by atoms with E-state index in [2.05, 4.69) is 155 Å². The topological polar surface area (TPSA) is 35.6 Å². The molecule has 0 aliphatic heterocycles. The van der Waals surface area contributed by atoms with Crippen LogP contribution in [-0.2, 0) is 0 Å². The molecule has 0 amide bonds. The predicted octanol–water partition coefficient (Wildman–Crippen LogP) is 10.0. The Morgan fingerprint density at radius 1 is 0.386 bits per heavy atom. The molecule has 0 fully saturated rings. The Hall–Kier alpha value is -6.00. The molecule has 0 saturated carbocycles. The molecule has 0 radical (unpaired) electrons. The number of hydrogen-bond acceptors (Lipinski definition) is 2. The van der Waals surface area contributed by atoms with Crippen molar-refractivity contribution in [1.29, 1.82) is 0 Å². The van der Waals surface area contributed by atoms with Crippen LogP contribution in [0.3, 0.4) is 0 Å². The Bertz CT molecular complexity index is 2380. The molecule has 0 saturated heterocycles. The number of benzene rings is 6. The van der Waals surface area contributed by atoms with E-state index in [9.17, 15) is 0 Å². The third-order valence-corrected chi connectivity index (χ3v) is 8.62. The summed E-state index contributed by atoms with van der Waals surface area (Å²) in [5.41, 5.74) is 9.73. The zero-order valence-corrected chi connectivity index (χ0v) is 23.8. The molecule has 0 atom stereocenters. The highest BCUT2D eigenvalue weighted by atomic mass is 15.2. The minimum absolute atomic E-state index is 0.659. The third kappa shape index (κ3) is 3.71. The maximum atomic E-state index is 5.26. The average molecular weight is 563 g/mol. The molecule has 0 bridgehead atoms. The van der Waals surface area contributed by atoms with Crippen LogP contribution >= 0.6 is 0 Å². The lowest BCUT2D eigenvalue weighted by atomic mass is 10.0. The smallest absolute Gasteiger partial charge is 0.235 e. The SMILES string of the molecule is c1ccc(-c2nc(-n3c4ccccc4c4ccccc43)ncc2-c2ccc(-n3c4ccccc4c4ccccc43)cc2)cc1. The molecule has 9 rings (SSSR count). The number of aromatic nitrogens is 4. The second kappa shape index (κ2) is 9.79. The van der Waals surface area contributed by atoms with E-state index in [0.717, 1.165) is 39.1 Å². The summed E-state index contributed by atoms with van der Waals surface area (Å²) in [6.45, 7) is 0. The van der Waals surface area contributed by atoms with Crippen molar-refractivity contribution in [3.05, 3.63) is 158 Å². The van der Waals surface area contributed by atoms with Crippen molar-refractivity contribution < 1.29 is 0 Å². The van der Waals surface area contributed by atoms with E-state index in [4.69, 9.17) is 9.97 Å². The maximum Gasteiger partial charge on any atom is 0.235 e. The molecule has 0 N–H and O–H groups in total. The van der Waals surface area contributed by atoms with Crippen molar-refractivity contribution in [2.24, 2.45) is 0 Å². The van der Waals surface area contributed by atoms with Gasteiger partial charge < -0.3 is 4.57 Å². The van der Waals surface area contributed by atoms with Gasteiger partial charge in [0.1, 0.15) is 0 Å². The van der Waals surface area contributed by atoms with Crippen LogP contribution in [0.4, 0.5) is 0 Å². The van der Waals surface area contributed by atoms with Crippen molar-refractivity contribution in [2.75, 3.05) is 0 Å². The predicted molar refractivity (Wildman–Crippen MR) is 182 cm³/mol. The second-order valence-electron chi connectivity index (χ2n) is 11.1. The quantitative estimate of drug-likeness (QED) is 0.214. The molecular formula is C40H26N4. The molecule has 0 spiro atoms. The van der Waals surface area contributed by atoms with Gasteiger partial charge in [-0.2, -0.15) is 0 Å². The molecule has 0 aliphatic rings. The van der Waals surface area contributed by atoms with Gasteiger partial charge in [-0.25, -0.2) is 9.97 Å². The minimum Gasteiger partial charge on any atom is -0.309 e. The summed E-state index contributed by atoms with van der Waals surface area (Å²) >= 11 is 0. The molecule has 9 aromatic rings. The molecule has 4 heteroatoms. The first-order valence-electron chi connectivity index (χ1n) is 14.9. The van der Waals surface area contributed by atoms with Gasteiger partial charge in [-0.15, -0.1) is 0 Å². The van der Waals surface area contributed by atoms with Crippen molar-refractivity contribution in [3.8, 4) is 34.0 Å². The van der Waals surface area contributed by atoms with Crippen LogP contribution in [0.15, 0.2) is 158 Å². The van der Waals surface area contributed by atoms with Gasteiger partial charge in [0, 0.05) is 44.6 Å². The van der Waals surface area contributed by atoms with Crippen LogP contribution in [0.25, 0.3) is 77.6 Å². The zero-order chi connectivity index (χ0) is 29.0. The molecular weight excluding hydrogens is 536 g/mol. The number of fused-ring (bicyclic) bond motifs is 6. The lowest BCUT2D eigenvalue weighted by molar-refractivity contribution is 0.993. The molecule has 206 valence electrons. The van der Waals surface area contributed by atoms with E-state index >= 15 is 0 Å². The highest BCUT2D eigenvalue weighted by Crippen LogP contribution is 2.36. The van der Waals surface area contributed by atoms with Gasteiger partial charge in [0.15, 0.2) is 0 Å². The van der Waals surface area contributed by atoms with Crippen LogP contribution in [-0.4, -0.2) is 19.1 Å². The van der Waals surface area contributed by atoms with E-state index in [0.29, 0.717) is 5.95 Å². The molecule has 4 nitrogen and oxygen atoms in total. The Balaban J connectivity index is 1.22. The van der Waals surface area contributed by atoms with Gasteiger partial charge in [0.2, 0.25) is 5.95 Å². The van der Waals surface area contributed by atoms with Crippen molar-refractivity contribution in [1.82, 2.24) is 19.1 Å². The maximum absolute atomic E-state index is 5.26. The highest BCUT2D eigenvalue weighted by molar-refractivity contribution is 6.10. The highest BCUT2D eigenvalue weighted by Gasteiger charge is 2.18. The second-order valence-corrected chi connectivity index (χ2v) is 11.1. The number of nitrogens with zero attached hydrogens (tertiary/aromatic N) is 4. The summed E-state index contributed by atoms with van der Waals surface area (Å²) in [6.07, 6.45) is 1.98. The van der Waals surface area contributed by atoms with Gasteiger partial charge in [0.05, 0.1) is 27.8 Å². The van der Waals surface area contributed by atoms with Crippen molar-refractivity contribution in [3.63, 3.8) is 0 Å². The lowest BCUT2D eigenvalue weighted by Gasteiger charge is -2.14.